The highest BCUT2D eigenvalue weighted by atomic mass is 35.5. The fourth-order valence-corrected chi connectivity index (χ4v) is 2.22. The van der Waals surface area contributed by atoms with Gasteiger partial charge in [-0.05, 0) is 39.0 Å². The smallest absolute Gasteiger partial charge is 0.161 e. The molecule has 0 bridgehead atoms. The second-order valence-corrected chi connectivity index (χ2v) is 4.90. The van der Waals surface area contributed by atoms with Crippen molar-refractivity contribution in [2.24, 2.45) is 0 Å². The zero-order valence-electron chi connectivity index (χ0n) is 10.3. The van der Waals surface area contributed by atoms with Crippen LogP contribution in [0.4, 0.5) is 0 Å². The second-order valence-electron chi connectivity index (χ2n) is 4.12. The number of rotatable bonds is 2. The number of carbonyl (C=O) groups excluding carboxylic acids is 1. The van der Waals surface area contributed by atoms with E-state index < -0.39 is 0 Å². The van der Waals surface area contributed by atoms with Gasteiger partial charge in [-0.15, -0.1) is 0 Å². The molecule has 0 amide bonds. The summed E-state index contributed by atoms with van der Waals surface area (Å²) in [5, 5.41) is 5.40. The first-order chi connectivity index (χ1) is 8.41. The Labute approximate surface area is 115 Å². The summed E-state index contributed by atoms with van der Waals surface area (Å²) in [7, 11) is 0. The van der Waals surface area contributed by atoms with Crippen molar-refractivity contribution >= 4 is 29.0 Å². The summed E-state index contributed by atoms with van der Waals surface area (Å²) in [6.45, 7) is 5.22. The monoisotopic (exact) mass is 282 g/mol. The van der Waals surface area contributed by atoms with Gasteiger partial charge in [-0.1, -0.05) is 23.2 Å². The molecule has 18 heavy (non-hydrogen) atoms. The average molecular weight is 283 g/mol. The summed E-state index contributed by atoms with van der Waals surface area (Å²) >= 11 is 12.2. The Morgan fingerprint density at radius 3 is 2.39 bits per heavy atom. The molecule has 0 N–H and O–H groups in total. The van der Waals surface area contributed by atoms with Crippen molar-refractivity contribution in [1.82, 2.24) is 9.78 Å². The molecule has 0 fully saturated rings. The second kappa shape index (κ2) is 4.75. The molecule has 0 unspecified atom stereocenters. The van der Waals surface area contributed by atoms with Crippen molar-refractivity contribution in [2.45, 2.75) is 20.8 Å². The Kier molecular flexibility index (Phi) is 3.46. The van der Waals surface area contributed by atoms with Gasteiger partial charge >= 0.3 is 0 Å². The molecule has 1 aromatic heterocycles. The van der Waals surface area contributed by atoms with E-state index in [1.165, 1.54) is 6.92 Å². The molecule has 3 nitrogen and oxygen atoms in total. The third-order valence-corrected chi connectivity index (χ3v) is 3.64. The predicted molar refractivity (Wildman–Crippen MR) is 73.1 cm³/mol. The van der Waals surface area contributed by atoms with Crippen molar-refractivity contribution in [3.8, 4) is 5.69 Å². The molecule has 0 saturated carbocycles. The number of ketones is 1. The Morgan fingerprint density at radius 1 is 1.28 bits per heavy atom. The van der Waals surface area contributed by atoms with Crippen LogP contribution in [0.2, 0.25) is 10.0 Å². The van der Waals surface area contributed by atoms with Crippen LogP contribution in [0, 0.1) is 13.8 Å². The number of hydrogen-bond acceptors (Lipinski definition) is 2. The minimum absolute atomic E-state index is 0.0575. The van der Waals surface area contributed by atoms with Gasteiger partial charge in [0.15, 0.2) is 5.78 Å². The first kappa shape index (κ1) is 13.1. The summed E-state index contributed by atoms with van der Waals surface area (Å²) in [5.74, 6) is -0.0575. The quantitative estimate of drug-likeness (QED) is 0.781. The highest BCUT2D eigenvalue weighted by molar-refractivity contribution is 6.34. The summed E-state index contributed by atoms with van der Waals surface area (Å²) < 4.78 is 1.72. The lowest BCUT2D eigenvalue weighted by atomic mass is 10.1. The summed E-state index contributed by atoms with van der Waals surface area (Å²) in [4.78, 5) is 11.3. The molecule has 94 valence electrons. The number of Topliss-reactive ketones (excluding diaryl/α,β-unsaturated/α-hetero) is 1. The van der Waals surface area contributed by atoms with Crippen molar-refractivity contribution in [2.75, 3.05) is 0 Å². The topological polar surface area (TPSA) is 34.9 Å². The van der Waals surface area contributed by atoms with E-state index >= 15 is 0 Å². The fourth-order valence-electron chi connectivity index (χ4n) is 1.80. The van der Waals surface area contributed by atoms with Gasteiger partial charge in [-0.3, -0.25) is 4.79 Å². The Bertz CT molecular complexity index is 632. The third kappa shape index (κ3) is 2.16. The van der Waals surface area contributed by atoms with E-state index in [0.717, 1.165) is 17.1 Å². The van der Waals surface area contributed by atoms with Crippen LogP contribution < -0.4 is 0 Å². The number of halogens is 2. The number of hydrogen-bond donors (Lipinski definition) is 0. The Balaban J connectivity index is 2.55. The lowest BCUT2D eigenvalue weighted by Gasteiger charge is -2.07. The van der Waals surface area contributed by atoms with Gasteiger partial charge in [-0.2, -0.15) is 5.10 Å². The molecule has 1 aromatic carbocycles. The van der Waals surface area contributed by atoms with Crippen LogP contribution in [-0.2, 0) is 0 Å². The first-order valence-corrected chi connectivity index (χ1v) is 6.20. The van der Waals surface area contributed by atoms with Gasteiger partial charge in [0.25, 0.3) is 0 Å². The molecule has 0 saturated heterocycles. The summed E-state index contributed by atoms with van der Waals surface area (Å²) in [6.07, 6.45) is 0. The Hall–Kier alpha value is -1.32. The summed E-state index contributed by atoms with van der Waals surface area (Å²) in [5.41, 5.74) is 2.91. The van der Waals surface area contributed by atoms with Crippen LogP contribution in [-0.4, -0.2) is 15.6 Å². The maximum atomic E-state index is 11.3. The average Bonchev–Trinajstić information content (AvgIpc) is 2.56. The maximum absolute atomic E-state index is 11.3. The molecule has 1 heterocycles. The van der Waals surface area contributed by atoms with Gasteiger partial charge in [0.05, 0.1) is 27.1 Å². The van der Waals surface area contributed by atoms with Gasteiger partial charge in [0, 0.05) is 5.56 Å². The van der Waals surface area contributed by atoms with E-state index in [0.29, 0.717) is 15.6 Å². The molecule has 2 aromatic rings. The highest BCUT2D eigenvalue weighted by Gasteiger charge is 2.12. The van der Waals surface area contributed by atoms with E-state index in [-0.39, 0.29) is 5.78 Å². The van der Waals surface area contributed by atoms with Crippen LogP contribution in [0.5, 0.6) is 0 Å². The molecule has 2 rings (SSSR count). The SMILES string of the molecule is CC(=O)c1ccc(-n2nc(C)c(Cl)c2C)cc1Cl. The molecule has 0 spiro atoms. The molecule has 0 aliphatic rings. The number of aromatic nitrogens is 2. The molecule has 0 aliphatic heterocycles. The van der Waals surface area contributed by atoms with Gasteiger partial charge in [0.2, 0.25) is 0 Å². The first-order valence-electron chi connectivity index (χ1n) is 5.44. The summed E-state index contributed by atoms with van der Waals surface area (Å²) in [6, 6.07) is 5.22. The number of carbonyl (C=O) groups is 1. The molecule has 0 radical (unpaired) electrons. The maximum Gasteiger partial charge on any atom is 0.161 e. The standard InChI is InChI=1S/C13H12Cl2N2O/c1-7-13(15)8(2)17(16-7)10-4-5-11(9(3)18)12(14)6-10/h4-6H,1-3H3. The largest absolute Gasteiger partial charge is 0.294 e. The molecular formula is C13H12Cl2N2O. The fraction of sp³-hybridized carbons (Fsp3) is 0.231. The zero-order chi connectivity index (χ0) is 13.4. The van der Waals surface area contributed by atoms with Gasteiger partial charge in [0.1, 0.15) is 0 Å². The van der Waals surface area contributed by atoms with Crippen LogP contribution in [0.15, 0.2) is 18.2 Å². The van der Waals surface area contributed by atoms with E-state index in [1.54, 1.807) is 22.9 Å². The van der Waals surface area contributed by atoms with Crippen LogP contribution >= 0.6 is 23.2 Å². The van der Waals surface area contributed by atoms with Crippen LogP contribution in [0.25, 0.3) is 5.69 Å². The van der Waals surface area contributed by atoms with Crippen LogP contribution in [0.3, 0.4) is 0 Å². The van der Waals surface area contributed by atoms with E-state index in [2.05, 4.69) is 5.10 Å². The van der Waals surface area contributed by atoms with Crippen molar-refractivity contribution < 1.29 is 4.79 Å². The van der Waals surface area contributed by atoms with Gasteiger partial charge in [-0.25, -0.2) is 4.68 Å². The predicted octanol–water partition coefficient (Wildman–Crippen LogP) is 4.00. The lowest BCUT2D eigenvalue weighted by Crippen LogP contribution is -2.01. The zero-order valence-corrected chi connectivity index (χ0v) is 11.8. The highest BCUT2D eigenvalue weighted by Crippen LogP contribution is 2.25. The normalized spacial score (nSPS) is 10.7. The third-order valence-electron chi connectivity index (χ3n) is 2.78. The number of aryl methyl sites for hydroxylation is 1. The van der Waals surface area contributed by atoms with E-state index in [4.69, 9.17) is 23.2 Å². The molecule has 5 heteroatoms. The van der Waals surface area contributed by atoms with Gasteiger partial charge < -0.3 is 0 Å². The molecule has 0 aliphatic carbocycles. The molecule has 0 atom stereocenters. The number of benzene rings is 1. The van der Waals surface area contributed by atoms with Crippen LogP contribution in [0.1, 0.15) is 28.7 Å². The Morgan fingerprint density at radius 2 is 1.94 bits per heavy atom. The minimum atomic E-state index is -0.0575. The van der Waals surface area contributed by atoms with E-state index in [9.17, 15) is 4.79 Å². The minimum Gasteiger partial charge on any atom is -0.294 e. The lowest BCUT2D eigenvalue weighted by molar-refractivity contribution is 0.101. The van der Waals surface area contributed by atoms with Crippen molar-refractivity contribution in [3.05, 3.63) is 45.2 Å². The molecular weight excluding hydrogens is 271 g/mol. The van der Waals surface area contributed by atoms with E-state index in [1.807, 2.05) is 13.8 Å². The number of nitrogens with zero attached hydrogens (tertiary/aromatic N) is 2. The van der Waals surface area contributed by atoms with Crippen molar-refractivity contribution in [1.29, 1.82) is 0 Å². The van der Waals surface area contributed by atoms with Crippen molar-refractivity contribution in [3.63, 3.8) is 0 Å².